The molecule has 0 aliphatic rings. The Labute approximate surface area is 119 Å². The molecule has 0 radical (unpaired) electrons. The molecule has 0 saturated heterocycles. The second-order valence-corrected chi connectivity index (χ2v) is 4.48. The van der Waals surface area contributed by atoms with Crippen LogP contribution in [0.15, 0.2) is 0 Å². The lowest BCUT2D eigenvalue weighted by molar-refractivity contribution is -0.147. The standard InChI is InChI=1S/C11H20O2.C3H4O4/c1-5-8-10(13)11(6-2,7-3)9(4)12;4-2(5)1-3(6)7/h5-8H2,1-4H3;1H2,(H,4,5)(H,6,7). The van der Waals surface area contributed by atoms with Gasteiger partial charge in [0, 0.05) is 6.42 Å². The number of carbonyl (C=O) groups is 4. The third-order valence-electron chi connectivity index (χ3n) is 3.19. The number of carboxylic acids is 2. The predicted molar refractivity (Wildman–Crippen MR) is 73.5 cm³/mol. The van der Waals surface area contributed by atoms with Crippen LogP contribution in [0.4, 0.5) is 0 Å². The van der Waals surface area contributed by atoms with Crippen molar-refractivity contribution in [2.24, 2.45) is 5.41 Å². The topological polar surface area (TPSA) is 109 Å². The average Bonchev–Trinajstić information content (AvgIpc) is 2.30. The van der Waals surface area contributed by atoms with Crippen molar-refractivity contribution < 1.29 is 29.4 Å². The van der Waals surface area contributed by atoms with Gasteiger partial charge in [0.1, 0.15) is 18.0 Å². The molecule has 2 N–H and O–H groups in total. The van der Waals surface area contributed by atoms with Crippen molar-refractivity contribution in [1.82, 2.24) is 0 Å². The van der Waals surface area contributed by atoms with E-state index < -0.39 is 23.8 Å². The van der Waals surface area contributed by atoms with Crippen LogP contribution in [-0.4, -0.2) is 33.7 Å². The van der Waals surface area contributed by atoms with Crippen LogP contribution in [0.5, 0.6) is 0 Å². The summed E-state index contributed by atoms with van der Waals surface area (Å²) in [7, 11) is 0. The zero-order chi connectivity index (χ0) is 16.3. The van der Waals surface area contributed by atoms with Gasteiger partial charge < -0.3 is 10.2 Å². The SMILES string of the molecule is CCCC(=O)C(CC)(CC)C(C)=O.O=C(O)CC(=O)O. The lowest BCUT2D eigenvalue weighted by atomic mass is 9.74. The molecule has 116 valence electrons. The predicted octanol–water partition coefficient (Wildman–Crippen LogP) is 2.30. The number of carboxylic acid groups (broad SMARTS) is 2. The van der Waals surface area contributed by atoms with Crippen molar-refractivity contribution in [3.05, 3.63) is 0 Å². The fraction of sp³-hybridized carbons (Fsp3) is 0.714. The fourth-order valence-corrected chi connectivity index (χ4v) is 1.93. The van der Waals surface area contributed by atoms with E-state index >= 15 is 0 Å². The van der Waals surface area contributed by atoms with Crippen LogP contribution in [0.3, 0.4) is 0 Å². The molecule has 0 bridgehead atoms. The molecule has 0 aromatic carbocycles. The van der Waals surface area contributed by atoms with Crippen molar-refractivity contribution in [1.29, 1.82) is 0 Å². The molecular formula is C14H24O6. The molecule has 0 atom stereocenters. The zero-order valence-electron chi connectivity index (χ0n) is 12.6. The zero-order valence-corrected chi connectivity index (χ0v) is 12.6. The van der Waals surface area contributed by atoms with Crippen molar-refractivity contribution in [3.63, 3.8) is 0 Å². The molecule has 0 aliphatic heterocycles. The number of aliphatic carboxylic acids is 2. The summed E-state index contributed by atoms with van der Waals surface area (Å²) in [6, 6.07) is 0. The van der Waals surface area contributed by atoms with Crippen LogP contribution in [-0.2, 0) is 19.2 Å². The molecule has 0 fully saturated rings. The van der Waals surface area contributed by atoms with E-state index in [4.69, 9.17) is 10.2 Å². The maximum atomic E-state index is 11.7. The van der Waals surface area contributed by atoms with Crippen molar-refractivity contribution in [3.8, 4) is 0 Å². The number of carbonyl (C=O) groups excluding carboxylic acids is 2. The highest BCUT2D eigenvalue weighted by Gasteiger charge is 2.38. The molecule has 0 rings (SSSR count). The lowest BCUT2D eigenvalue weighted by Crippen LogP contribution is -2.36. The van der Waals surface area contributed by atoms with Gasteiger partial charge in [0.2, 0.25) is 0 Å². The van der Waals surface area contributed by atoms with Gasteiger partial charge in [0.25, 0.3) is 0 Å². The van der Waals surface area contributed by atoms with Gasteiger partial charge >= 0.3 is 11.9 Å². The first-order valence-electron chi connectivity index (χ1n) is 6.65. The second-order valence-electron chi connectivity index (χ2n) is 4.48. The largest absolute Gasteiger partial charge is 0.481 e. The summed E-state index contributed by atoms with van der Waals surface area (Å²) in [5.74, 6) is -2.48. The minimum absolute atomic E-state index is 0.0240. The van der Waals surface area contributed by atoms with Crippen molar-refractivity contribution in [2.75, 3.05) is 0 Å². The van der Waals surface area contributed by atoms with E-state index in [-0.39, 0.29) is 11.6 Å². The molecule has 0 unspecified atom stereocenters. The Kier molecular flexibility index (Phi) is 10.4. The number of rotatable bonds is 8. The van der Waals surface area contributed by atoms with Crippen LogP contribution < -0.4 is 0 Å². The maximum Gasteiger partial charge on any atom is 0.314 e. The third kappa shape index (κ3) is 7.01. The Hall–Kier alpha value is -1.72. The summed E-state index contributed by atoms with van der Waals surface area (Å²) in [5.41, 5.74) is -0.685. The number of hydrogen-bond acceptors (Lipinski definition) is 4. The summed E-state index contributed by atoms with van der Waals surface area (Å²) in [6.07, 6.45) is 1.82. The van der Waals surface area contributed by atoms with E-state index in [0.29, 0.717) is 19.3 Å². The molecule has 0 aromatic rings. The second kappa shape index (κ2) is 10.1. The Bertz CT molecular complexity index is 343. The van der Waals surface area contributed by atoms with Gasteiger partial charge in [-0.1, -0.05) is 20.8 Å². The first-order valence-corrected chi connectivity index (χ1v) is 6.65. The molecule has 6 heteroatoms. The molecule has 0 heterocycles. The third-order valence-corrected chi connectivity index (χ3v) is 3.19. The number of ketones is 2. The van der Waals surface area contributed by atoms with Gasteiger partial charge in [-0.3, -0.25) is 19.2 Å². The van der Waals surface area contributed by atoms with Gasteiger partial charge in [-0.25, -0.2) is 0 Å². The molecule has 0 saturated carbocycles. The minimum atomic E-state index is -1.31. The molecule has 0 aromatic heterocycles. The normalized spacial score (nSPS) is 10.2. The van der Waals surface area contributed by atoms with Gasteiger partial charge in [-0.05, 0) is 26.2 Å². The smallest absolute Gasteiger partial charge is 0.314 e. The van der Waals surface area contributed by atoms with E-state index in [9.17, 15) is 19.2 Å². The summed E-state index contributed by atoms with van der Waals surface area (Å²) >= 11 is 0. The van der Waals surface area contributed by atoms with Crippen LogP contribution in [0.2, 0.25) is 0 Å². The summed E-state index contributed by atoms with van der Waals surface area (Å²) in [4.78, 5) is 42.0. The first-order chi connectivity index (χ1) is 9.17. The quantitative estimate of drug-likeness (QED) is 0.663. The van der Waals surface area contributed by atoms with Crippen molar-refractivity contribution in [2.45, 2.75) is 59.8 Å². The first kappa shape index (κ1) is 20.6. The Morgan fingerprint density at radius 2 is 1.30 bits per heavy atom. The highest BCUT2D eigenvalue weighted by molar-refractivity contribution is 6.05. The van der Waals surface area contributed by atoms with E-state index in [0.717, 1.165) is 6.42 Å². The van der Waals surface area contributed by atoms with Gasteiger partial charge in [-0.15, -0.1) is 0 Å². The highest BCUT2D eigenvalue weighted by atomic mass is 16.4. The fourth-order valence-electron chi connectivity index (χ4n) is 1.93. The Morgan fingerprint density at radius 3 is 1.45 bits per heavy atom. The molecule has 0 amide bonds. The Balaban J connectivity index is 0. The van der Waals surface area contributed by atoms with E-state index in [2.05, 4.69) is 0 Å². The average molecular weight is 288 g/mol. The molecule has 6 nitrogen and oxygen atoms in total. The maximum absolute atomic E-state index is 11.7. The summed E-state index contributed by atoms with van der Waals surface area (Å²) in [5, 5.41) is 15.4. The van der Waals surface area contributed by atoms with Crippen molar-refractivity contribution >= 4 is 23.5 Å². The molecule has 0 aliphatic carbocycles. The lowest BCUT2D eigenvalue weighted by Gasteiger charge is -2.26. The van der Waals surface area contributed by atoms with Gasteiger partial charge in [0.05, 0.1) is 5.41 Å². The molecular weight excluding hydrogens is 264 g/mol. The Morgan fingerprint density at radius 1 is 0.900 bits per heavy atom. The minimum Gasteiger partial charge on any atom is -0.481 e. The van der Waals surface area contributed by atoms with Crippen LogP contribution >= 0.6 is 0 Å². The van der Waals surface area contributed by atoms with E-state index in [1.807, 2.05) is 20.8 Å². The van der Waals surface area contributed by atoms with Crippen LogP contribution in [0, 0.1) is 5.41 Å². The summed E-state index contributed by atoms with van der Waals surface area (Å²) < 4.78 is 0. The van der Waals surface area contributed by atoms with Crippen LogP contribution in [0.1, 0.15) is 59.8 Å². The molecule has 20 heavy (non-hydrogen) atoms. The highest BCUT2D eigenvalue weighted by Crippen LogP contribution is 2.30. The number of hydrogen-bond donors (Lipinski definition) is 2. The van der Waals surface area contributed by atoms with Crippen LogP contribution in [0.25, 0.3) is 0 Å². The van der Waals surface area contributed by atoms with E-state index in [1.54, 1.807) is 0 Å². The van der Waals surface area contributed by atoms with E-state index in [1.165, 1.54) is 6.92 Å². The van der Waals surface area contributed by atoms with Gasteiger partial charge in [0.15, 0.2) is 0 Å². The summed E-state index contributed by atoms with van der Waals surface area (Å²) in [6.45, 7) is 7.32. The van der Waals surface area contributed by atoms with Gasteiger partial charge in [-0.2, -0.15) is 0 Å². The number of Topliss-reactive ketones (excluding diaryl/α,β-unsaturated/α-hetero) is 2. The monoisotopic (exact) mass is 288 g/mol. The molecule has 0 spiro atoms.